The number of anilines is 1. The van der Waals surface area contributed by atoms with E-state index in [-0.39, 0.29) is 11.3 Å². The number of halogens is 1. The summed E-state index contributed by atoms with van der Waals surface area (Å²) in [6.45, 7) is 2.40. The Balaban J connectivity index is 2.32. The number of nitrogens with zero attached hydrogens (tertiary/aromatic N) is 3. The summed E-state index contributed by atoms with van der Waals surface area (Å²) in [7, 11) is 0. The standard InChI is InChI=1S/C9H10ClN3O/c1-6-8(3-11-5-12-6)13-4-7(10)2-9(13)14/h3,5,7H,2,4H2,1H3. The van der Waals surface area contributed by atoms with Gasteiger partial charge in [0.2, 0.25) is 5.91 Å². The molecule has 1 aromatic heterocycles. The smallest absolute Gasteiger partial charge is 0.228 e. The number of rotatable bonds is 1. The van der Waals surface area contributed by atoms with Gasteiger partial charge in [-0.25, -0.2) is 9.97 Å². The normalized spacial score (nSPS) is 21.7. The molecule has 74 valence electrons. The third-order valence-electron chi connectivity index (χ3n) is 2.25. The fourth-order valence-corrected chi connectivity index (χ4v) is 1.82. The van der Waals surface area contributed by atoms with Gasteiger partial charge in [-0.3, -0.25) is 4.79 Å². The number of hydrogen-bond donors (Lipinski definition) is 0. The summed E-state index contributed by atoms with van der Waals surface area (Å²) in [5.74, 6) is 0.0444. The second-order valence-corrected chi connectivity index (χ2v) is 3.92. The van der Waals surface area contributed by atoms with Crippen molar-refractivity contribution in [2.75, 3.05) is 11.4 Å². The van der Waals surface area contributed by atoms with Crippen molar-refractivity contribution in [2.24, 2.45) is 0 Å². The van der Waals surface area contributed by atoms with Crippen LogP contribution in [0.3, 0.4) is 0 Å². The fourth-order valence-electron chi connectivity index (χ4n) is 1.55. The maximum atomic E-state index is 11.5. The van der Waals surface area contributed by atoms with E-state index in [1.807, 2.05) is 6.92 Å². The highest BCUT2D eigenvalue weighted by Crippen LogP contribution is 2.24. The number of aryl methyl sites for hydroxylation is 1. The number of aromatic nitrogens is 2. The summed E-state index contributed by atoms with van der Waals surface area (Å²) >= 11 is 5.90. The summed E-state index contributed by atoms with van der Waals surface area (Å²) in [4.78, 5) is 21.1. The van der Waals surface area contributed by atoms with E-state index in [9.17, 15) is 4.79 Å². The lowest BCUT2D eigenvalue weighted by Crippen LogP contribution is -2.25. The average molecular weight is 212 g/mol. The Bertz CT molecular complexity index is 369. The Morgan fingerprint density at radius 3 is 3.00 bits per heavy atom. The molecule has 1 fully saturated rings. The van der Waals surface area contributed by atoms with Crippen molar-refractivity contribution in [2.45, 2.75) is 18.7 Å². The van der Waals surface area contributed by atoms with Crippen molar-refractivity contribution < 1.29 is 4.79 Å². The van der Waals surface area contributed by atoms with Crippen LogP contribution < -0.4 is 4.90 Å². The molecule has 0 saturated carbocycles. The summed E-state index contributed by atoms with van der Waals surface area (Å²) in [5, 5.41) is -0.0953. The quantitative estimate of drug-likeness (QED) is 0.655. The lowest BCUT2D eigenvalue weighted by molar-refractivity contribution is -0.117. The molecule has 1 saturated heterocycles. The molecule has 5 heteroatoms. The summed E-state index contributed by atoms with van der Waals surface area (Å²) in [5.41, 5.74) is 1.57. The predicted octanol–water partition coefficient (Wildman–Crippen LogP) is 1.13. The summed E-state index contributed by atoms with van der Waals surface area (Å²) in [6.07, 6.45) is 3.52. The highest BCUT2D eigenvalue weighted by molar-refractivity contribution is 6.24. The van der Waals surface area contributed by atoms with Crippen LogP contribution in [0.1, 0.15) is 12.1 Å². The van der Waals surface area contributed by atoms with Crippen molar-refractivity contribution in [3.05, 3.63) is 18.2 Å². The molecule has 0 aliphatic carbocycles. The molecular weight excluding hydrogens is 202 g/mol. The Labute approximate surface area is 86.9 Å². The average Bonchev–Trinajstić information content (AvgIpc) is 2.46. The largest absolute Gasteiger partial charge is 0.308 e. The molecule has 4 nitrogen and oxygen atoms in total. The van der Waals surface area contributed by atoms with Crippen LogP contribution in [0.15, 0.2) is 12.5 Å². The third kappa shape index (κ3) is 1.57. The molecule has 0 bridgehead atoms. The Kier molecular flexibility index (Phi) is 2.37. The first-order valence-electron chi connectivity index (χ1n) is 4.39. The van der Waals surface area contributed by atoms with Gasteiger partial charge in [-0.15, -0.1) is 11.6 Å². The van der Waals surface area contributed by atoms with Crippen LogP contribution in [0.2, 0.25) is 0 Å². The van der Waals surface area contributed by atoms with Gasteiger partial charge in [-0.2, -0.15) is 0 Å². The van der Waals surface area contributed by atoms with E-state index >= 15 is 0 Å². The van der Waals surface area contributed by atoms with Gasteiger partial charge in [0.1, 0.15) is 6.33 Å². The second-order valence-electron chi connectivity index (χ2n) is 3.30. The van der Waals surface area contributed by atoms with E-state index in [2.05, 4.69) is 9.97 Å². The van der Waals surface area contributed by atoms with E-state index in [0.717, 1.165) is 11.4 Å². The Morgan fingerprint density at radius 1 is 1.64 bits per heavy atom. The number of carbonyl (C=O) groups excluding carboxylic acids is 1. The zero-order valence-electron chi connectivity index (χ0n) is 7.77. The zero-order chi connectivity index (χ0) is 10.1. The van der Waals surface area contributed by atoms with Crippen LogP contribution >= 0.6 is 11.6 Å². The lowest BCUT2D eigenvalue weighted by atomic mass is 10.3. The molecule has 0 spiro atoms. The molecule has 1 aliphatic heterocycles. The van der Waals surface area contributed by atoms with Gasteiger partial charge < -0.3 is 4.90 Å². The zero-order valence-corrected chi connectivity index (χ0v) is 8.53. The molecule has 1 atom stereocenters. The van der Waals surface area contributed by atoms with Crippen molar-refractivity contribution in [3.8, 4) is 0 Å². The lowest BCUT2D eigenvalue weighted by Gasteiger charge is -2.16. The number of hydrogen-bond acceptors (Lipinski definition) is 3. The van der Waals surface area contributed by atoms with Crippen molar-refractivity contribution in [3.63, 3.8) is 0 Å². The van der Waals surface area contributed by atoms with Gasteiger partial charge in [-0.05, 0) is 6.92 Å². The third-order valence-corrected chi connectivity index (χ3v) is 2.55. The molecule has 1 aliphatic rings. The number of carbonyl (C=O) groups is 1. The van der Waals surface area contributed by atoms with Gasteiger partial charge in [0.15, 0.2) is 0 Å². The van der Waals surface area contributed by atoms with Crippen LogP contribution in [0.4, 0.5) is 5.69 Å². The maximum Gasteiger partial charge on any atom is 0.228 e. The number of alkyl halides is 1. The molecule has 14 heavy (non-hydrogen) atoms. The highest BCUT2D eigenvalue weighted by atomic mass is 35.5. The number of amides is 1. The second kappa shape index (κ2) is 3.53. The van der Waals surface area contributed by atoms with Gasteiger partial charge in [0.05, 0.1) is 23.0 Å². The van der Waals surface area contributed by atoms with Crippen LogP contribution in [0.5, 0.6) is 0 Å². The molecule has 0 aromatic carbocycles. The van der Waals surface area contributed by atoms with Crippen molar-refractivity contribution >= 4 is 23.2 Å². The van der Waals surface area contributed by atoms with E-state index in [0.29, 0.717) is 13.0 Å². The fraction of sp³-hybridized carbons (Fsp3) is 0.444. The van der Waals surface area contributed by atoms with Gasteiger partial charge in [0, 0.05) is 13.0 Å². The van der Waals surface area contributed by atoms with E-state index in [1.165, 1.54) is 6.33 Å². The van der Waals surface area contributed by atoms with Crippen LogP contribution in [-0.2, 0) is 4.79 Å². The predicted molar refractivity (Wildman–Crippen MR) is 53.4 cm³/mol. The molecular formula is C9H10ClN3O. The summed E-state index contributed by atoms with van der Waals surface area (Å²) in [6, 6.07) is 0. The van der Waals surface area contributed by atoms with Crippen LogP contribution in [0, 0.1) is 6.92 Å². The first-order valence-corrected chi connectivity index (χ1v) is 4.83. The van der Waals surface area contributed by atoms with Crippen molar-refractivity contribution in [1.82, 2.24) is 9.97 Å². The van der Waals surface area contributed by atoms with Crippen molar-refractivity contribution in [1.29, 1.82) is 0 Å². The van der Waals surface area contributed by atoms with E-state index in [1.54, 1.807) is 11.1 Å². The van der Waals surface area contributed by atoms with Gasteiger partial charge >= 0.3 is 0 Å². The van der Waals surface area contributed by atoms with E-state index in [4.69, 9.17) is 11.6 Å². The van der Waals surface area contributed by atoms with Crippen LogP contribution in [-0.4, -0.2) is 27.8 Å². The van der Waals surface area contributed by atoms with Gasteiger partial charge in [0.25, 0.3) is 0 Å². The molecule has 2 rings (SSSR count). The maximum absolute atomic E-state index is 11.5. The minimum absolute atomic E-state index is 0.0444. The minimum Gasteiger partial charge on any atom is -0.308 e. The first kappa shape index (κ1) is 9.40. The topological polar surface area (TPSA) is 46.1 Å². The SMILES string of the molecule is Cc1ncncc1N1CC(Cl)CC1=O. The Hall–Kier alpha value is -1.16. The highest BCUT2D eigenvalue weighted by Gasteiger charge is 2.30. The molecule has 2 heterocycles. The van der Waals surface area contributed by atoms with Gasteiger partial charge in [-0.1, -0.05) is 0 Å². The molecule has 1 unspecified atom stereocenters. The minimum atomic E-state index is -0.0953. The van der Waals surface area contributed by atoms with Crippen LogP contribution in [0.25, 0.3) is 0 Å². The molecule has 0 N–H and O–H groups in total. The summed E-state index contributed by atoms with van der Waals surface area (Å²) < 4.78 is 0. The first-order chi connectivity index (χ1) is 6.68. The monoisotopic (exact) mass is 211 g/mol. The van der Waals surface area contributed by atoms with E-state index < -0.39 is 0 Å². The molecule has 1 amide bonds. The Morgan fingerprint density at radius 2 is 2.43 bits per heavy atom. The molecule has 0 radical (unpaired) electrons. The molecule has 1 aromatic rings.